The Morgan fingerprint density at radius 2 is 1.85 bits per heavy atom. The highest BCUT2D eigenvalue weighted by Crippen LogP contribution is 2.38. The van der Waals surface area contributed by atoms with Gasteiger partial charge in [-0.2, -0.15) is 18.3 Å². The van der Waals surface area contributed by atoms with Gasteiger partial charge in [0, 0.05) is 11.1 Å². The van der Waals surface area contributed by atoms with Crippen molar-refractivity contribution in [2.75, 3.05) is 6.54 Å². The van der Waals surface area contributed by atoms with Crippen LogP contribution in [0.5, 0.6) is 0 Å². The van der Waals surface area contributed by atoms with Crippen molar-refractivity contribution < 1.29 is 33.0 Å². The number of carboxylic acids is 1. The van der Waals surface area contributed by atoms with E-state index in [-0.39, 0.29) is 11.3 Å². The van der Waals surface area contributed by atoms with E-state index < -0.39 is 41.8 Å². The van der Waals surface area contributed by atoms with E-state index in [1.807, 2.05) is 5.32 Å². The van der Waals surface area contributed by atoms with E-state index in [0.717, 1.165) is 6.92 Å². The molecule has 0 aliphatic carbocycles. The van der Waals surface area contributed by atoms with Crippen LogP contribution >= 0.6 is 0 Å². The Balaban J connectivity index is 2.68. The average Bonchev–Trinajstić information content (AvgIpc) is 2.59. The molecule has 1 aliphatic heterocycles. The van der Waals surface area contributed by atoms with Gasteiger partial charge in [0.15, 0.2) is 11.5 Å². The van der Waals surface area contributed by atoms with Gasteiger partial charge in [-0.15, -0.1) is 0 Å². The molecule has 1 aromatic rings. The number of hydrogen-bond acceptors (Lipinski definition) is 5. The molecule has 10 heteroatoms. The highest BCUT2D eigenvalue weighted by Gasteiger charge is 2.37. The van der Waals surface area contributed by atoms with Crippen molar-refractivity contribution in [1.29, 1.82) is 0 Å². The molecule has 27 heavy (non-hydrogen) atoms. The second-order valence-electron chi connectivity index (χ2n) is 5.49. The Morgan fingerprint density at radius 1 is 1.26 bits per heavy atom. The zero-order chi connectivity index (χ0) is 20.4. The van der Waals surface area contributed by atoms with Crippen LogP contribution < -0.4 is 5.32 Å². The molecule has 0 saturated heterocycles. The summed E-state index contributed by atoms with van der Waals surface area (Å²) in [7, 11) is 0. The van der Waals surface area contributed by atoms with Gasteiger partial charge in [0.25, 0.3) is 5.91 Å². The van der Waals surface area contributed by atoms with Crippen LogP contribution in [0.15, 0.2) is 41.1 Å². The maximum atomic E-state index is 13.0. The van der Waals surface area contributed by atoms with Crippen LogP contribution in [-0.4, -0.2) is 45.5 Å². The number of fused-ring (bicyclic) bond motifs is 1. The number of halogens is 3. The van der Waals surface area contributed by atoms with E-state index in [2.05, 4.69) is 5.10 Å². The van der Waals surface area contributed by atoms with Crippen molar-refractivity contribution in [3.8, 4) is 0 Å². The van der Waals surface area contributed by atoms with Crippen molar-refractivity contribution in [1.82, 2.24) is 10.3 Å². The third kappa shape index (κ3) is 4.10. The summed E-state index contributed by atoms with van der Waals surface area (Å²) in [5, 5.41) is 25.4. The van der Waals surface area contributed by atoms with Crippen molar-refractivity contribution in [2.45, 2.75) is 20.0 Å². The van der Waals surface area contributed by atoms with Crippen LogP contribution in [0.3, 0.4) is 0 Å². The first-order valence-corrected chi connectivity index (χ1v) is 7.69. The molecule has 0 saturated carbocycles. The first-order valence-electron chi connectivity index (χ1n) is 7.69. The molecule has 3 N–H and O–H groups in total. The Hall–Kier alpha value is -3.30. The normalized spacial score (nSPS) is 16.4. The number of benzene rings is 1. The van der Waals surface area contributed by atoms with Gasteiger partial charge in [0.05, 0.1) is 5.70 Å². The minimum absolute atomic E-state index is 0.132. The fourth-order valence-electron chi connectivity index (χ4n) is 2.41. The molecule has 0 unspecified atom stereocenters. The van der Waals surface area contributed by atoms with Crippen LogP contribution in [0.2, 0.25) is 0 Å². The topological polar surface area (TPSA) is 102 Å². The maximum absolute atomic E-state index is 13.0. The first kappa shape index (κ1) is 20.0. The predicted molar refractivity (Wildman–Crippen MR) is 91.3 cm³/mol. The summed E-state index contributed by atoms with van der Waals surface area (Å²) >= 11 is 0. The number of aliphatic hydroxyl groups is 1. The number of rotatable bonds is 4. The van der Waals surface area contributed by atoms with Crippen LogP contribution in [0.1, 0.15) is 25.0 Å². The van der Waals surface area contributed by atoms with Crippen molar-refractivity contribution >= 4 is 29.0 Å². The number of carbonyl (C=O) groups excluding carboxylic acids is 1. The largest absolute Gasteiger partial charge is 0.505 e. The Morgan fingerprint density at radius 3 is 2.37 bits per heavy atom. The molecule has 0 radical (unpaired) electrons. The zero-order valence-corrected chi connectivity index (χ0v) is 14.3. The molecule has 1 aliphatic rings. The molecular weight excluding hydrogens is 367 g/mol. The lowest BCUT2D eigenvalue weighted by Gasteiger charge is -2.31. The molecule has 0 fully saturated rings. The molecule has 1 amide bonds. The number of carbonyl (C=O) groups is 2. The molecule has 7 nitrogen and oxygen atoms in total. The zero-order valence-electron chi connectivity index (χ0n) is 14.3. The Kier molecular flexibility index (Phi) is 5.58. The maximum Gasteiger partial charge on any atom is 0.430 e. The SMILES string of the molecule is C/C=C1\c2ccccc2C(O)=C(C(=O)NCC(=O)O)N1/N=C(\C)C(F)(F)F. The van der Waals surface area contributed by atoms with Gasteiger partial charge in [-0.25, -0.2) is 5.01 Å². The lowest BCUT2D eigenvalue weighted by Crippen LogP contribution is -2.38. The second-order valence-corrected chi connectivity index (χ2v) is 5.49. The minimum atomic E-state index is -4.76. The Bertz CT molecular complexity index is 872. The van der Waals surface area contributed by atoms with Gasteiger partial charge in [0.2, 0.25) is 0 Å². The number of carboxylic acid groups (broad SMARTS) is 1. The number of alkyl halides is 3. The molecule has 1 aromatic carbocycles. The summed E-state index contributed by atoms with van der Waals surface area (Å²) < 4.78 is 38.9. The molecule has 2 rings (SSSR count). The first-order chi connectivity index (χ1) is 12.6. The quantitative estimate of drug-likeness (QED) is 0.694. The number of nitrogens with zero attached hydrogens (tertiary/aromatic N) is 2. The van der Waals surface area contributed by atoms with E-state index in [0.29, 0.717) is 10.6 Å². The summed E-state index contributed by atoms with van der Waals surface area (Å²) in [5.41, 5.74) is -1.15. The summed E-state index contributed by atoms with van der Waals surface area (Å²) in [6.45, 7) is 1.47. The summed E-state index contributed by atoms with van der Waals surface area (Å²) in [6, 6.07) is 6.23. The number of aliphatic hydroxyl groups excluding tert-OH is 1. The second kappa shape index (κ2) is 7.52. The minimum Gasteiger partial charge on any atom is -0.505 e. The highest BCUT2D eigenvalue weighted by atomic mass is 19.4. The number of allylic oxidation sites excluding steroid dienone is 1. The standard InChI is InChI=1S/C17H16F3N3O4/c1-3-12-10-6-4-5-7-11(10)15(26)14(16(27)21-8-13(24)25)23(12)22-9(2)17(18,19)20/h3-7,26H,8H2,1-2H3,(H,21,27)(H,24,25)/b12-3+,22-9+. The van der Waals surface area contributed by atoms with E-state index in [1.165, 1.54) is 19.1 Å². The third-order valence-electron chi connectivity index (χ3n) is 3.67. The molecule has 144 valence electrons. The summed E-state index contributed by atoms with van der Waals surface area (Å²) in [6.07, 6.45) is -3.32. The van der Waals surface area contributed by atoms with Crippen LogP contribution in [0.25, 0.3) is 11.5 Å². The van der Waals surface area contributed by atoms with Gasteiger partial charge in [-0.3, -0.25) is 9.59 Å². The number of hydrogen-bond donors (Lipinski definition) is 3. The lowest BCUT2D eigenvalue weighted by molar-refractivity contribution is -0.137. The van der Waals surface area contributed by atoms with E-state index in [4.69, 9.17) is 5.11 Å². The molecule has 0 bridgehead atoms. The molecular formula is C17H16F3N3O4. The highest BCUT2D eigenvalue weighted by molar-refractivity contribution is 6.05. The van der Waals surface area contributed by atoms with E-state index in [1.54, 1.807) is 18.2 Å². The Labute approximate surface area is 152 Å². The van der Waals surface area contributed by atoms with Crippen molar-refractivity contribution in [3.63, 3.8) is 0 Å². The summed E-state index contributed by atoms with van der Waals surface area (Å²) in [4.78, 5) is 23.1. The number of hydrazone groups is 1. The monoisotopic (exact) mass is 383 g/mol. The van der Waals surface area contributed by atoms with Crippen LogP contribution in [0.4, 0.5) is 13.2 Å². The molecule has 0 atom stereocenters. The van der Waals surface area contributed by atoms with Crippen LogP contribution in [0, 0.1) is 0 Å². The van der Waals surface area contributed by atoms with Gasteiger partial charge in [0.1, 0.15) is 12.3 Å². The smallest absolute Gasteiger partial charge is 0.430 e. The number of nitrogens with one attached hydrogen (secondary N) is 1. The van der Waals surface area contributed by atoms with Crippen molar-refractivity contribution in [2.24, 2.45) is 5.10 Å². The number of amides is 1. The van der Waals surface area contributed by atoms with Gasteiger partial charge >= 0.3 is 12.1 Å². The fraction of sp³-hybridized carbons (Fsp3) is 0.235. The molecule has 0 spiro atoms. The van der Waals surface area contributed by atoms with Gasteiger partial charge in [-0.05, 0) is 13.8 Å². The fourth-order valence-corrected chi connectivity index (χ4v) is 2.41. The molecule has 0 aromatic heterocycles. The van der Waals surface area contributed by atoms with Gasteiger partial charge in [-0.1, -0.05) is 30.3 Å². The molecule has 1 heterocycles. The average molecular weight is 383 g/mol. The summed E-state index contributed by atoms with van der Waals surface area (Å²) in [5.74, 6) is -3.05. The lowest BCUT2D eigenvalue weighted by atomic mass is 9.97. The number of aliphatic carboxylic acids is 1. The third-order valence-corrected chi connectivity index (χ3v) is 3.67. The predicted octanol–water partition coefficient (Wildman–Crippen LogP) is 2.73. The van der Waals surface area contributed by atoms with E-state index in [9.17, 15) is 27.9 Å². The van der Waals surface area contributed by atoms with Crippen LogP contribution in [-0.2, 0) is 9.59 Å². The van der Waals surface area contributed by atoms with Crippen molar-refractivity contribution in [3.05, 3.63) is 47.2 Å². The van der Waals surface area contributed by atoms with Gasteiger partial charge < -0.3 is 15.5 Å². The van der Waals surface area contributed by atoms with E-state index >= 15 is 0 Å².